The first kappa shape index (κ1) is 61.6. The van der Waals surface area contributed by atoms with Crippen LogP contribution in [0.1, 0.15) is 194 Å². The van der Waals surface area contributed by atoms with Gasteiger partial charge in [0.1, 0.15) is 30.5 Å². The number of aliphatic hydroxyl groups excluding tert-OH is 3. The topological polar surface area (TPSA) is 178 Å². The summed E-state index contributed by atoms with van der Waals surface area (Å²) < 4.78 is 59.2. The summed E-state index contributed by atoms with van der Waals surface area (Å²) in [4.78, 5) is 12.9. The van der Waals surface area contributed by atoms with Crippen LogP contribution in [0.15, 0.2) is 72.9 Å². The molecule has 1 fully saturated rings. The van der Waals surface area contributed by atoms with Crippen LogP contribution in [0, 0.1) is 0 Å². The fourth-order valence-corrected chi connectivity index (χ4v) is 7.97. The minimum atomic E-state index is -5.07. The monoisotopic (exact) mass is 953 g/mol. The van der Waals surface area contributed by atoms with E-state index in [0.29, 0.717) is 13.0 Å². The molecule has 382 valence electrons. The Hall–Kier alpha value is -2.46. The molecule has 0 saturated carbocycles. The number of allylic oxidation sites excluding steroid dienone is 12. The van der Waals surface area contributed by atoms with Crippen molar-refractivity contribution in [2.24, 2.45) is 0 Å². The second kappa shape index (κ2) is 43.8. The number of ether oxygens (including phenoxy) is 4. The van der Waals surface area contributed by atoms with E-state index in [1.54, 1.807) is 0 Å². The van der Waals surface area contributed by atoms with Crippen molar-refractivity contribution in [2.75, 3.05) is 26.4 Å². The molecule has 4 N–H and O–H groups in total. The minimum absolute atomic E-state index is 0.0241. The number of unbranched alkanes of at least 4 members (excludes halogenated alkanes) is 19. The molecule has 1 rings (SSSR count). The van der Waals surface area contributed by atoms with Crippen LogP contribution in [0.3, 0.4) is 0 Å². The smallest absolute Gasteiger partial charge is 0.397 e. The molecule has 1 saturated heterocycles. The average Bonchev–Trinajstić information content (AvgIpc) is 3.29. The molecule has 6 atom stereocenters. The van der Waals surface area contributed by atoms with E-state index >= 15 is 0 Å². The van der Waals surface area contributed by atoms with E-state index in [1.807, 2.05) is 0 Å². The zero-order chi connectivity index (χ0) is 48.2. The first-order valence-corrected chi connectivity index (χ1v) is 27.1. The highest BCUT2D eigenvalue weighted by Crippen LogP contribution is 2.26. The summed E-state index contributed by atoms with van der Waals surface area (Å²) in [5.74, 6) is -0.414. The number of hydrogen-bond donors (Lipinski definition) is 4. The van der Waals surface area contributed by atoms with Gasteiger partial charge < -0.3 is 34.3 Å². The zero-order valence-electron chi connectivity index (χ0n) is 41.0. The van der Waals surface area contributed by atoms with Crippen molar-refractivity contribution in [1.82, 2.24) is 0 Å². The van der Waals surface area contributed by atoms with Gasteiger partial charge in [-0.3, -0.25) is 9.35 Å². The Labute approximate surface area is 401 Å². The number of esters is 1. The quantitative estimate of drug-likeness (QED) is 0.0197. The van der Waals surface area contributed by atoms with Crippen molar-refractivity contribution in [2.45, 2.75) is 230 Å². The molecule has 0 aliphatic carbocycles. The third kappa shape index (κ3) is 36.6. The highest BCUT2D eigenvalue weighted by molar-refractivity contribution is 7.80. The first-order chi connectivity index (χ1) is 32.1. The summed E-state index contributed by atoms with van der Waals surface area (Å²) in [6.07, 6.45) is 47.8. The molecule has 1 aliphatic heterocycles. The van der Waals surface area contributed by atoms with Gasteiger partial charge in [0, 0.05) is 13.0 Å². The largest absolute Gasteiger partial charge is 0.457 e. The Morgan fingerprint density at radius 2 is 1.05 bits per heavy atom. The number of hydrogen-bond acceptors (Lipinski definition) is 11. The molecule has 0 aromatic carbocycles. The molecule has 0 amide bonds. The predicted molar refractivity (Wildman–Crippen MR) is 266 cm³/mol. The second-order valence-corrected chi connectivity index (χ2v) is 18.4. The molecule has 0 radical (unpaired) electrons. The molecule has 12 nitrogen and oxygen atoms in total. The highest BCUT2D eigenvalue weighted by atomic mass is 32.3. The lowest BCUT2D eigenvalue weighted by Crippen LogP contribution is -2.60. The lowest BCUT2D eigenvalue weighted by Gasteiger charge is -2.41. The van der Waals surface area contributed by atoms with Gasteiger partial charge in [-0.25, -0.2) is 4.18 Å². The van der Waals surface area contributed by atoms with Crippen molar-refractivity contribution < 1.29 is 56.2 Å². The van der Waals surface area contributed by atoms with Gasteiger partial charge in [0.25, 0.3) is 0 Å². The SMILES string of the molecule is CC/C=C\C/C=C\C/C=C\C/C=C\C/C=C\CCCCCCCCCC(=O)OC(COCCCCCCCC/C=C\CCCCCCCC)COC1OC(CO)C(O)C(OS(=O)(=O)O)C1O. The van der Waals surface area contributed by atoms with Crippen LogP contribution in [0.4, 0.5) is 0 Å². The fourth-order valence-electron chi connectivity index (χ4n) is 7.46. The number of carbonyl (C=O) groups excluding carboxylic acids is 1. The van der Waals surface area contributed by atoms with Crippen molar-refractivity contribution in [3.63, 3.8) is 0 Å². The van der Waals surface area contributed by atoms with Crippen LogP contribution in [0.5, 0.6) is 0 Å². The van der Waals surface area contributed by atoms with E-state index in [9.17, 15) is 33.1 Å². The Balaban J connectivity index is 2.38. The normalized spacial score (nSPS) is 20.1. The van der Waals surface area contributed by atoms with Gasteiger partial charge in [-0.2, -0.15) is 8.42 Å². The van der Waals surface area contributed by atoms with Gasteiger partial charge in [0.05, 0.1) is 19.8 Å². The molecule has 0 spiro atoms. The Morgan fingerprint density at radius 3 is 1.55 bits per heavy atom. The molecule has 66 heavy (non-hydrogen) atoms. The maximum absolute atomic E-state index is 12.9. The van der Waals surface area contributed by atoms with Crippen LogP contribution < -0.4 is 0 Å². The second-order valence-electron chi connectivity index (χ2n) is 17.4. The third-order valence-electron chi connectivity index (χ3n) is 11.3. The van der Waals surface area contributed by atoms with E-state index in [-0.39, 0.29) is 19.6 Å². The minimum Gasteiger partial charge on any atom is -0.457 e. The van der Waals surface area contributed by atoms with Gasteiger partial charge in [-0.1, -0.05) is 177 Å². The molecule has 0 aromatic rings. The Morgan fingerprint density at radius 1 is 0.591 bits per heavy atom. The predicted octanol–water partition coefficient (Wildman–Crippen LogP) is 11.9. The van der Waals surface area contributed by atoms with Gasteiger partial charge in [0.15, 0.2) is 6.29 Å². The van der Waals surface area contributed by atoms with E-state index in [0.717, 1.165) is 89.9 Å². The standard InChI is InChI=1S/C53H92O12S/c1-3-5-7-9-11-13-15-17-19-21-22-23-24-25-26-27-28-30-32-34-36-38-40-42-49(55)63-47(46-62-53-51(57)52(65-66(58,59)60)50(56)48(44-54)64-53)45-61-43-41-39-37-35-33-31-29-20-18-16-14-12-10-8-6-4-2/h5,7,11,13,17-20,22-23,25-26,47-48,50-54,56-57H,3-4,6,8-10,12,14-16,21,24,27-46H2,1-2H3,(H,58,59,60)/b7-5-,13-11-,19-17-,20-18-,23-22-,26-25-. The summed E-state index contributed by atoms with van der Waals surface area (Å²) in [6, 6.07) is 0. The van der Waals surface area contributed by atoms with Crippen molar-refractivity contribution in [3.8, 4) is 0 Å². The first-order valence-electron chi connectivity index (χ1n) is 25.7. The lowest BCUT2D eigenvalue weighted by molar-refractivity contribution is -0.301. The summed E-state index contributed by atoms with van der Waals surface area (Å²) >= 11 is 0. The highest BCUT2D eigenvalue weighted by Gasteiger charge is 2.48. The summed E-state index contributed by atoms with van der Waals surface area (Å²) in [5, 5.41) is 30.8. The van der Waals surface area contributed by atoms with E-state index in [4.69, 9.17) is 18.9 Å². The summed E-state index contributed by atoms with van der Waals surface area (Å²) in [7, 11) is -5.07. The Bertz CT molecular complexity index is 1420. The fraction of sp³-hybridized carbons (Fsp3) is 0.755. The molecule has 1 aliphatic rings. The van der Waals surface area contributed by atoms with Crippen LogP contribution >= 0.6 is 0 Å². The molecule has 0 aromatic heterocycles. The van der Waals surface area contributed by atoms with E-state index in [1.165, 1.54) is 77.0 Å². The third-order valence-corrected chi connectivity index (χ3v) is 11.8. The van der Waals surface area contributed by atoms with E-state index in [2.05, 4.69) is 90.9 Å². The molecular formula is C53H92O12S. The van der Waals surface area contributed by atoms with Crippen molar-refractivity contribution >= 4 is 16.4 Å². The van der Waals surface area contributed by atoms with E-state index < -0.39 is 59.8 Å². The number of carbonyl (C=O) groups is 1. The van der Waals surface area contributed by atoms with Crippen LogP contribution in [0.2, 0.25) is 0 Å². The number of rotatable bonds is 44. The van der Waals surface area contributed by atoms with Gasteiger partial charge in [0.2, 0.25) is 0 Å². The van der Waals surface area contributed by atoms with Gasteiger partial charge in [-0.15, -0.1) is 0 Å². The molecule has 13 heteroatoms. The zero-order valence-corrected chi connectivity index (χ0v) is 41.8. The maximum Gasteiger partial charge on any atom is 0.397 e. The molecular weight excluding hydrogens is 861 g/mol. The molecule has 6 unspecified atom stereocenters. The Kier molecular flexibility index (Phi) is 40.8. The van der Waals surface area contributed by atoms with Gasteiger partial charge in [-0.05, 0) is 83.5 Å². The summed E-state index contributed by atoms with van der Waals surface area (Å²) in [6.45, 7) is 3.85. The van der Waals surface area contributed by atoms with Crippen LogP contribution in [-0.2, 0) is 38.3 Å². The molecule has 1 heterocycles. The maximum atomic E-state index is 12.9. The van der Waals surface area contributed by atoms with Gasteiger partial charge >= 0.3 is 16.4 Å². The number of aliphatic hydroxyl groups is 3. The average molecular weight is 953 g/mol. The van der Waals surface area contributed by atoms with Crippen molar-refractivity contribution in [3.05, 3.63) is 72.9 Å². The summed E-state index contributed by atoms with van der Waals surface area (Å²) in [5.41, 5.74) is 0. The lowest BCUT2D eigenvalue weighted by atomic mass is 9.99. The molecule has 0 bridgehead atoms. The van der Waals surface area contributed by atoms with Crippen LogP contribution in [-0.4, -0.2) is 97.5 Å². The van der Waals surface area contributed by atoms with Crippen molar-refractivity contribution in [1.29, 1.82) is 0 Å². The van der Waals surface area contributed by atoms with Crippen LogP contribution in [0.25, 0.3) is 0 Å².